The van der Waals surface area contributed by atoms with Crippen LogP contribution in [0.4, 0.5) is 10.2 Å². The van der Waals surface area contributed by atoms with Gasteiger partial charge in [0.1, 0.15) is 17.3 Å². The molecule has 2 aromatic rings. The third-order valence-electron chi connectivity index (χ3n) is 2.46. The lowest BCUT2D eigenvalue weighted by atomic mass is 10.1. The molecule has 0 bridgehead atoms. The summed E-state index contributed by atoms with van der Waals surface area (Å²) in [5.41, 5.74) is 0.983. The van der Waals surface area contributed by atoms with Crippen LogP contribution in [-0.4, -0.2) is 22.4 Å². The van der Waals surface area contributed by atoms with Gasteiger partial charge >= 0.3 is 0 Å². The van der Waals surface area contributed by atoms with Crippen LogP contribution in [0.25, 0.3) is 11.3 Å². The number of benzene rings is 1. The van der Waals surface area contributed by atoms with Gasteiger partial charge in [0.2, 0.25) is 0 Å². The number of halogens is 1. The van der Waals surface area contributed by atoms with Gasteiger partial charge < -0.3 is 10.1 Å². The molecule has 18 heavy (non-hydrogen) atoms. The van der Waals surface area contributed by atoms with Gasteiger partial charge in [-0.1, -0.05) is 6.92 Å². The van der Waals surface area contributed by atoms with Gasteiger partial charge in [-0.05, 0) is 18.6 Å². The van der Waals surface area contributed by atoms with Gasteiger partial charge in [0.05, 0.1) is 18.8 Å². The van der Waals surface area contributed by atoms with E-state index in [2.05, 4.69) is 21.0 Å². The topological polar surface area (TPSA) is 47.0 Å². The predicted molar refractivity (Wildman–Crippen MR) is 70.6 cm³/mol. The molecular formula is C12H14FN3OS. The van der Waals surface area contributed by atoms with Gasteiger partial charge in [0.25, 0.3) is 0 Å². The fourth-order valence-corrected chi connectivity index (χ4v) is 2.08. The molecule has 1 heterocycles. The molecule has 96 valence electrons. The van der Waals surface area contributed by atoms with Crippen molar-refractivity contribution in [3.63, 3.8) is 0 Å². The molecule has 0 fully saturated rings. The summed E-state index contributed by atoms with van der Waals surface area (Å²) >= 11 is 1.07. The first-order valence-electron chi connectivity index (χ1n) is 5.66. The summed E-state index contributed by atoms with van der Waals surface area (Å²) < 4.78 is 27.2. The van der Waals surface area contributed by atoms with Gasteiger partial charge in [-0.25, -0.2) is 4.39 Å². The highest BCUT2D eigenvalue weighted by atomic mass is 32.1. The molecule has 0 atom stereocenters. The van der Waals surface area contributed by atoms with Crippen molar-refractivity contribution in [1.29, 1.82) is 0 Å². The van der Waals surface area contributed by atoms with Gasteiger partial charge in [-0.3, -0.25) is 0 Å². The third kappa shape index (κ3) is 2.59. The summed E-state index contributed by atoms with van der Waals surface area (Å²) in [6.07, 6.45) is 0.974. The number of aromatic nitrogens is 2. The largest absolute Gasteiger partial charge is 0.497 e. The number of nitrogens with one attached hydrogen (secondary N) is 1. The van der Waals surface area contributed by atoms with Crippen LogP contribution in [0.1, 0.15) is 13.3 Å². The summed E-state index contributed by atoms with van der Waals surface area (Å²) in [5.74, 6) is 0.759. The highest BCUT2D eigenvalue weighted by Crippen LogP contribution is 2.30. The summed E-state index contributed by atoms with van der Waals surface area (Å²) in [7, 11) is 1.51. The van der Waals surface area contributed by atoms with Crippen LogP contribution in [0.15, 0.2) is 18.2 Å². The summed E-state index contributed by atoms with van der Waals surface area (Å²) in [4.78, 5) is 0. The van der Waals surface area contributed by atoms with Gasteiger partial charge in [-0.2, -0.15) is 8.75 Å². The van der Waals surface area contributed by atoms with Gasteiger partial charge in [0, 0.05) is 18.2 Å². The smallest absolute Gasteiger partial charge is 0.168 e. The minimum Gasteiger partial charge on any atom is -0.497 e. The zero-order valence-corrected chi connectivity index (χ0v) is 11.1. The molecule has 0 aliphatic heterocycles. The quantitative estimate of drug-likeness (QED) is 0.904. The molecule has 0 radical (unpaired) electrons. The van der Waals surface area contributed by atoms with E-state index in [0.29, 0.717) is 22.8 Å². The highest BCUT2D eigenvalue weighted by Gasteiger charge is 2.14. The van der Waals surface area contributed by atoms with E-state index in [1.54, 1.807) is 12.1 Å². The van der Waals surface area contributed by atoms with Crippen molar-refractivity contribution in [2.75, 3.05) is 19.0 Å². The van der Waals surface area contributed by atoms with Gasteiger partial charge in [-0.15, -0.1) is 0 Å². The van der Waals surface area contributed by atoms with Crippen molar-refractivity contribution >= 4 is 17.5 Å². The Kier molecular flexibility index (Phi) is 4.09. The second kappa shape index (κ2) is 5.77. The number of hydrogen-bond donors (Lipinski definition) is 1. The van der Waals surface area contributed by atoms with Crippen molar-refractivity contribution in [3.05, 3.63) is 24.0 Å². The molecule has 1 aromatic heterocycles. The summed E-state index contributed by atoms with van der Waals surface area (Å²) in [6.45, 7) is 2.84. The van der Waals surface area contributed by atoms with E-state index >= 15 is 0 Å². The standard InChI is InChI=1S/C12H14FN3OS/c1-3-6-14-12-11(15-18-16-12)9-5-4-8(17-2)7-10(9)13/h4-5,7H,3,6H2,1-2H3,(H,14,16). The molecule has 2 rings (SSSR count). The normalized spacial score (nSPS) is 10.4. The lowest BCUT2D eigenvalue weighted by molar-refractivity contribution is 0.411. The maximum Gasteiger partial charge on any atom is 0.168 e. The van der Waals surface area contributed by atoms with Crippen LogP contribution in [0.3, 0.4) is 0 Å². The molecule has 4 nitrogen and oxygen atoms in total. The molecule has 1 N–H and O–H groups in total. The Morgan fingerprint density at radius 2 is 2.22 bits per heavy atom. The number of rotatable bonds is 5. The van der Waals surface area contributed by atoms with E-state index < -0.39 is 0 Å². The first-order valence-corrected chi connectivity index (χ1v) is 6.39. The van der Waals surface area contributed by atoms with Crippen LogP contribution in [0.2, 0.25) is 0 Å². The fraction of sp³-hybridized carbons (Fsp3) is 0.333. The van der Waals surface area contributed by atoms with Crippen molar-refractivity contribution in [2.45, 2.75) is 13.3 Å². The minimum atomic E-state index is -0.360. The first kappa shape index (κ1) is 12.8. The Morgan fingerprint density at radius 1 is 1.39 bits per heavy atom. The van der Waals surface area contributed by atoms with Crippen molar-refractivity contribution in [3.8, 4) is 17.0 Å². The SMILES string of the molecule is CCCNc1nsnc1-c1ccc(OC)cc1F. The average molecular weight is 267 g/mol. The van der Waals surface area contributed by atoms with E-state index in [0.717, 1.165) is 24.7 Å². The maximum absolute atomic E-state index is 13.9. The molecule has 0 aliphatic carbocycles. The lowest BCUT2D eigenvalue weighted by Gasteiger charge is -2.06. The van der Waals surface area contributed by atoms with Crippen LogP contribution in [0.5, 0.6) is 5.75 Å². The molecule has 0 saturated carbocycles. The molecular weight excluding hydrogens is 253 g/mol. The summed E-state index contributed by atoms with van der Waals surface area (Å²) in [5, 5.41) is 3.14. The average Bonchev–Trinajstić information content (AvgIpc) is 2.84. The van der Waals surface area contributed by atoms with Crippen LogP contribution < -0.4 is 10.1 Å². The zero-order valence-electron chi connectivity index (χ0n) is 10.2. The van der Waals surface area contributed by atoms with Crippen LogP contribution in [0, 0.1) is 5.82 Å². The molecule has 0 amide bonds. The zero-order chi connectivity index (χ0) is 13.0. The fourth-order valence-electron chi connectivity index (χ4n) is 1.54. The van der Waals surface area contributed by atoms with Crippen LogP contribution >= 0.6 is 11.7 Å². The number of anilines is 1. The van der Waals surface area contributed by atoms with Crippen LogP contribution in [-0.2, 0) is 0 Å². The maximum atomic E-state index is 13.9. The van der Waals surface area contributed by atoms with E-state index in [1.807, 2.05) is 0 Å². The Balaban J connectivity index is 2.33. The second-order valence-electron chi connectivity index (χ2n) is 3.73. The van der Waals surface area contributed by atoms with Crippen molar-refractivity contribution in [2.24, 2.45) is 0 Å². The number of ether oxygens (including phenoxy) is 1. The van der Waals surface area contributed by atoms with E-state index in [4.69, 9.17) is 4.74 Å². The minimum absolute atomic E-state index is 0.360. The molecule has 0 aliphatic rings. The number of methoxy groups -OCH3 is 1. The van der Waals surface area contributed by atoms with Crippen molar-refractivity contribution in [1.82, 2.24) is 8.75 Å². The molecule has 0 saturated heterocycles. The first-order chi connectivity index (χ1) is 8.76. The van der Waals surface area contributed by atoms with E-state index in [1.165, 1.54) is 13.2 Å². The third-order valence-corrected chi connectivity index (χ3v) is 2.99. The van der Waals surface area contributed by atoms with E-state index in [9.17, 15) is 4.39 Å². The molecule has 1 aromatic carbocycles. The predicted octanol–water partition coefficient (Wildman–Crippen LogP) is 3.17. The van der Waals surface area contributed by atoms with Crippen molar-refractivity contribution < 1.29 is 9.13 Å². The Labute approximate surface area is 109 Å². The van der Waals surface area contributed by atoms with Gasteiger partial charge in [0.15, 0.2) is 5.82 Å². The molecule has 0 spiro atoms. The second-order valence-corrected chi connectivity index (χ2v) is 4.26. The van der Waals surface area contributed by atoms with E-state index in [-0.39, 0.29) is 5.82 Å². The highest BCUT2D eigenvalue weighted by molar-refractivity contribution is 6.99. The molecule has 0 unspecified atom stereocenters. The molecule has 6 heteroatoms. The Hall–Kier alpha value is -1.69. The number of hydrogen-bond acceptors (Lipinski definition) is 5. The number of nitrogens with zero attached hydrogens (tertiary/aromatic N) is 2. The Morgan fingerprint density at radius 3 is 2.89 bits per heavy atom. The monoisotopic (exact) mass is 267 g/mol. The Bertz CT molecular complexity index is 530. The summed E-state index contributed by atoms with van der Waals surface area (Å²) in [6, 6.07) is 4.71. The lowest BCUT2D eigenvalue weighted by Crippen LogP contribution is -2.01.